The van der Waals surface area contributed by atoms with E-state index in [-0.39, 0.29) is 42.8 Å². The van der Waals surface area contributed by atoms with Crippen LogP contribution in [0.25, 0.3) is 0 Å². The zero-order chi connectivity index (χ0) is 23.7. The van der Waals surface area contributed by atoms with E-state index in [1.807, 2.05) is 6.92 Å². The van der Waals surface area contributed by atoms with Crippen LogP contribution in [0.4, 0.5) is 20.2 Å². The Hall–Kier alpha value is -3.33. The number of amides is 3. The molecule has 0 saturated heterocycles. The number of carbonyl (C=O) groups is 3. The van der Waals surface area contributed by atoms with Crippen LogP contribution < -0.4 is 16.0 Å². The van der Waals surface area contributed by atoms with Crippen LogP contribution in [0.5, 0.6) is 0 Å². The Kier molecular flexibility index (Phi) is 9.27. The summed E-state index contributed by atoms with van der Waals surface area (Å²) in [5, 5.41) is 8.09. The zero-order valence-corrected chi connectivity index (χ0v) is 18.4. The van der Waals surface area contributed by atoms with Gasteiger partial charge >= 0.3 is 0 Å². The van der Waals surface area contributed by atoms with Crippen molar-refractivity contribution in [1.29, 1.82) is 0 Å². The fraction of sp³-hybridized carbons (Fsp3) is 0.348. The van der Waals surface area contributed by atoms with Gasteiger partial charge in [0.2, 0.25) is 17.7 Å². The van der Waals surface area contributed by atoms with Gasteiger partial charge in [0.15, 0.2) is 0 Å². The number of anilines is 2. The van der Waals surface area contributed by atoms with Gasteiger partial charge < -0.3 is 16.0 Å². The molecule has 2 aromatic rings. The lowest BCUT2D eigenvalue weighted by molar-refractivity contribution is -0.124. The molecule has 1 unspecified atom stereocenters. The second-order valence-electron chi connectivity index (χ2n) is 7.48. The molecule has 0 heterocycles. The average Bonchev–Trinajstić information content (AvgIpc) is 2.71. The molecule has 1 atom stereocenters. The summed E-state index contributed by atoms with van der Waals surface area (Å²) in [5.74, 6) is -2.13. The van der Waals surface area contributed by atoms with Gasteiger partial charge in [0, 0.05) is 29.9 Å². The van der Waals surface area contributed by atoms with E-state index in [0.29, 0.717) is 17.9 Å². The van der Waals surface area contributed by atoms with Crippen LogP contribution in [-0.2, 0) is 20.8 Å². The Morgan fingerprint density at radius 3 is 1.97 bits per heavy atom. The first-order valence-electron chi connectivity index (χ1n) is 10.3. The quantitative estimate of drug-likeness (QED) is 0.524. The van der Waals surface area contributed by atoms with Gasteiger partial charge in [-0.2, -0.15) is 0 Å². The fourth-order valence-corrected chi connectivity index (χ4v) is 3.13. The Labute approximate surface area is 186 Å². The molecule has 0 aromatic heterocycles. The smallest absolute Gasteiger partial charge is 0.238 e. The van der Waals surface area contributed by atoms with Gasteiger partial charge in [0.1, 0.15) is 11.6 Å². The van der Waals surface area contributed by atoms with Crippen molar-refractivity contribution < 1.29 is 23.2 Å². The van der Waals surface area contributed by atoms with Crippen molar-refractivity contribution in [2.24, 2.45) is 0 Å². The number of rotatable bonds is 10. The summed E-state index contributed by atoms with van der Waals surface area (Å²) in [6.45, 7) is 5.31. The third-order valence-electron chi connectivity index (χ3n) is 4.65. The predicted molar refractivity (Wildman–Crippen MR) is 119 cm³/mol. The monoisotopic (exact) mass is 446 g/mol. The molecular weight excluding hydrogens is 418 g/mol. The highest BCUT2D eigenvalue weighted by atomic mass is 19.1. The van der Waals surface area contributed by atoms with E-state index in [2.05, 4.69) is 16.0 Å². The highest BCUT2D eigenvalue weighted by Gasteiger charge is 2.17. The maximum Gasteiger partial charge on any atom is 0.238 e. The van der Waals surface area contributed by atoms with Crippen molar-refractivity contribution in [2.75, 3.05) is 30.3 Å². The lowest BCUT2D eigenvalue weighted by atomic mass is 10.1. The standard InChI is InChI=1S/C23H28F2N4O3/c1-4-29(14-23(32)28-18-10-8-17(9-11-18)27-16(3)30)13-22(31)26-15(2)12-19-20(24)6-5-7-21(19)25/h5-11,15H,4,12-14H2,1-3H3,(H,26,31)(H,27,30)(H,28,32). The molecule has 0 radical (unpaired) electrons. The SMILES string of the molecule is CCN(CC(=O)Nc1ccc(NC(C)=O)cc1)CC(=O)NC(C)Cc1c(F)cccc1F. The van der Waals surface area contributed by atoms with E-state index in [1.54, 1.807) is 36.1 Å². The van der Waals surface area contributed by atoms with Crippen LogP contribution in [0.1, 0.15) is 26.3 Å². The van der Waals surface area contributed by atoms with Crippen molar-refractivity contribution in [2.45, 2.75) is 33.2 Å². The first-order chi connectivity index (χ1) is 15.2. The van der Waals surface area contributed by atoms with Crippen molar-refractivity contribution in [3.63, 3.8) is 0 Å². The van der Waals surface area contributed by atoms with E-state index >= 15 is 0 Å². The van der Waals surface area contributed by atoms with Crippen LogP contribution in [0.15, 0.2) is 42.5 Å². The van der Waals surface area contributed by atoms with Gasteiger partial charge in [-0.05, 0) is 56.3 Å². The molecule has 7 nitrogen and oxygen atoms in total. The molecule has 0 saturated carbocycles. The number of likely N-dealkylation sites (N-methyl/N-ethyl adjacent to an activating group) is 1. The van der Waals surface area contributed by atoms with Crippen LogP contribution in [-0.4, -0.2) is 48.3 Å². The normalized spacial score (nSPS) is 11.7. The molecule has 172 valence electrons. The molecule has 3 N–H and O–H groups in total. The molecule has 0 aliphatic rings. The lowest BCUT2D eigenvalue weighted by Crippen LogP contribution is -2.44. The van der Waals surface area contributed by atoms with Crippen molar-refractivity contribution >= 4 is 29.1 Å². The van der Waals surface area contributed by atoms with Gasteiger partial charge in [0.05, 0.1) is 13.1 Å². The summed E-state index contributed by atoms with van der Waals surface area (Å²) >= 11 is 0. The minimum absolute atomic E-state index is 0.00626. The van der Waals surface area contributed by atoms with E-state index in [4.69, 9.17) is 0 Å². The fourth-order valence-electron chi connectivity index (χ4n) is 3.13. The van der Waals surface area contributed by atoms with E-state index in [1.165, 1.54) is 25.1 Å². The highest BCUT2D eigenvalue weighted by molar-refractivity contribution is 5.93. The second-order valence-corrected chi connectivity index (χ2v) is 7.48. The third kappa shape index (κ3) is 8.07. The second kappa shape index (κ2) is 11.9. The van der Waals surface area contributed by atoms with Gasteiger partial charge in [-0.1, -0.05) is 13.0 Å². The first-order valence-corrected chi connectivity index (χ1v) is 10.3. The van der Waals surface area contributed by atoms with E-state index < -0.39 is 17.7 Å². The molecule has 0 fully saturated rings. The van der Waals surface area contributed by atoms with Crippen molar-refractivity contribution in [1.82, 2.24) is 10.2 Å². The average molecular weight is 446 g/mol. The van der Waals surface area contributed by atoms with E-state index in [9.17, 15) is 23.2 Å². The number of hydrogen-bond acceptors (Lipinski definition) is 4. The third-order valence-corrected chi connectivity index (χ3v) is 4.65. The van der Waals surface area contributed by atoms with Crippen molar-refractivity contribution in [3.05, 3.63) is 59.7 Å². The van der Waals surface area contributed by atoms with Gasteiger partial charge in [-0.15, -0.1) is 0 Å². The molecule has 32 heavy (non-hydrogen) atoms. The van der Waals surface area contributed by atoms with Crippen LogP contribution >= 0.6 is 0 Å². The minimum Gasteiger partial charge on any atom is -0.352 e. The van der Waals surface area contributed by atoms with E-state index in [0.717, 1.165) is 0 Å². The summed E-state index contributed by atoms with van der Waals surface area (Å²) in [5.41, 5.74) is 1.11. The van der Waals surface area contributed by atoms with Crippen molar-refractivity contribution in [3.8, 4) is 0 Å². The molecule has 2 aromatic carbocycles. The molecule has 0 aliphatic heterocycles. The summed E-state index contributed by atoms with van der Waals surface area (Å²) in [7, 11) is 0. The molecule has 0 aliphatic carbocycles. The molecule has 2 rings (SSSR count). The molecular formula is C23H28F2N4O3. The Morgan fingerprint density at radius 2 is 1.44 bits per heavy atom. The summed E-state index contributed by atoms with van der Waals surface area (Å²) in [6.07, 6.45) is 0.0192. The molecule has 0 spiro atoms. The first kappa shape index (κ1) is 24.9. The Bertz CT molecular complexity index is 931. The number of carbonyl (C=O) groups excluding carboxylic acids is 3. The largest absolute Gasteiger partial charge is 0.352 e. The molecule has 9 heteroatoms. The predicted octanol–water partition coefficient (Wildman–Crippen LogP) is 2.93. The number of benzene rings is 2. The topological polar surface area (TPSA) is 90.5 Å². The van der Waals surface area contributed by atoms with Crippen LogP contribution in [0, 0.1) is 11.6 Å². The van der Waals surface area contributed by atoms with Gasteiger partial charge in [0.25, 0.3) is 0 Å². The summed E-state index contributed by atoms with van der Waals surface area (Å²) in [6, 6.07) is 9.83. The number of nitrogens with zero attached hydrogens (tertiary/aromatic N) is 1. The lowest BCUT2D eigenvalue weighted by Gasteiger charge is -2.21. The van der Waals surface area contributed by atoms with Gasteiger partial charge in [-0.25, -0.2) is 8.78 Å². The number of halogens is 2. The number of hydrogen-bond donors (Lipinski definition) is 3. The van der Waals surface area contributed by atoms with Crippen LogP contribution in [0.3, 0.4) is 0 Å². The number of nitrogens with one attached hydrogen (secondary N) is 3. The summed E-state index contributed by atoms with van der Waals surface area (Å²) < 4.78 is 27.6. The van der Waals surface area contributed by atoms with Crippen LogP contribution in [0.2, 0.25) is 0 Å². The molecule has 3 amide bonds. The summed E-state index contributed by atoms with van der Waals surface area (Å²) in [4.78, 5) is 37.4. The highest BCUT2D eigenvalue weighted by Crippen LogP contribution is 2.15. The molecule has 0 bridgehead atoms. The Morgan fingerprint density at radius 1 is 0.906 bits per heavy atom. The Balaban J connectivity index is 1.83. The van der Waals surface area contributed by atoms with Gasteiger partial charge in [-0.3, -0.25) is 19.3 Å². The zero-order valence-electron chi connectivity index (χ0n) is 18.4. The maximum atomic E-state index is 13.8. The minimum atomic E-state index is -0.650. The maximum absolute atomic E-state index is 13.8.